The fraction of sp³-hybridized carbons (Fsp3) is 0.250. The molecule has 1 heterocycles. The van der Waals surface area contributed by atoms with E-state index in [1.165, 1.54) is 30.2 Å². The number of carbonyl (C=O) groups is 1. The van der Waals surface area contributed by atoms with Crippen molar-refractivity contribution >= 4 is 33.4 Å². The third-order valence-electron chi connectivity index (χ3n) is 4.57. The number of likely N-dealkylation sites (tertiary alicyclic amines) is 1. The van der Waals surface area contributed by atoms with Crippen LogP contribution in [0.5, 0.6) is 11.5 Å². The van der Waals surface area contributed by atoms with Crippen molar-refractivity contribution < 1.29 is 22.7 Å². The van der Waals surface area contributed by atoms with Gasteiger partial charge in [-0.2, -0.15) is 0 Å². The first kappa shape index (κ1) is 20.2. The predicted octanol–water partition coefficient (Wildman–Crippen LogP) is 3.06. The van der Waals surface area contributed by atoms with E-state index in [1.807, 2.05) is 0 Å². The second-order valence-electron chi connectivity index (χ2n) is 6.31. The second-order valence-corrected chi connectivity index (χ2v) is 8.98. The molecule has 28 heavy (non-hydrogen) atoms. The number of benzene rings is 2. The Morgan fingerprint density at radius 1 is 1.07 bits per heavy atom. The molecule has 8 heteroatoms. The Morgan fingerprint density at radius 2 is 1.71 bits per heavy atom. The lowest BCUT2D eigenvalue weighted by Crippen LogP contribution is -2.56. The Bertz CT molecular complexity index is 996. The van der Waals surface area contributed by atoms with Crippen LogP contribution in [-0.2, 0) is 14.6 Å². The normalized spacial score (nSPS) is 14.8. The molecule has 2 aromatic rings. The Balaban J connectivity index is 1.62. The molecule has 0 bridgehead atoms. The number of amides is 1. The number of sulfone groups is 1. The van der Waals surface area contributed by atoms with Gasteiger partial charge in [-0.1, -0.05) is 17.7 Å². The molecule has 0 radical (unpaired) electrons. The van der Waals surface area contributed by atoms with Crippen LogP contribution in [0.2, 0.25) is 5.02 Å². The Hall–Kier alpha value is -2.51. The minimum Gasteiger partial charge on any atom is -0.493 e. The molecule has 148 valence electrons. The minimum atomic E-state index is -3.48. The maximum atomic E-state index is 12.6. The van der Waals surface area contributed by atoms with E-state index in [4.69, 9.17) is 21.1 Å². The summed E-state index contributed by atoms with van der Waals surface area (Å²) in [6.07, 6.45) is 3.08. The van der Waals surface area contributed by atoms with Crippen LogP contribution in [0.1, 0.15) is 5.56 Å². The highest BCUT2D eigenvalue weighted by molar-refractivity contribution is 7.92. The van der Waals surface area contributed by atoms with Crippen molar-refractivity contribution in [1.29, 1.82) is 0 Å². The molecule has 1 aliphatic heterocycles. The van der Waals surface area contributed by atoms with Crippen molar-refractivity contribution in [1.82, 2.24) is 4.90 Å². The van der Waals surface area contributed by atoms with Crippen molar-refractivity contribution in [3.8, 4) is 11.5 Å². The van der Waals surface area contributed by atoms with Gasteiger partial charge in [0.25, 0.3) is 0 Å². The van der Waals surface area contributed by atoms with Crippen LogP contribution in [0.15, 0.2) is 53.4 Å². The smallest absolute Gasteiger partial charge is 0.246 e. The van der Waals surface area contributed by atoms with Crippen LogP contribution in [-0.4, -0.2) is 51.8 Å². The summed E-state index contributed by atoms with van der Waals surface area (Å²) in [4.78, 5) is 14.0. The van der Waals surface area contributed by atoms with Crippen molar-refractivity contribution in [2.24, 2.45) is 0 Å². The lowest BCUT2D eigenvalue weighted by molar-refractivity contribution is -0.128. The topological polar surface area (TPSA) is 72.9 Å². The zero-order chi connectivity index (χ0) is 20.3. The summed E-state index contributed by atoms with van der Waals surface area (Å²) in [5.74, 6) is 0.927. The Labute approximate surface area is 169 Å². The van der Waals surface area contributed by atoms with Gasteiger partial charge < -0.3 is 14.4 Å². The van der Waals surface area contributed by atoms with Crippen LogP contribution in [0.3, 0.4) is 0 Å². The first-order chi connectivity index (χ1) is 13.3. The van der Waals surface area contributed by atoms with Gasteiger partial charge in [-0.3, -0.25) is 4.79 Å². The van der Waals surface area contributed by atoms with Gasteiger partial charge in [-0.05, 0) is 48.0 Å². The Morgan fingerprint density at radius 3 is 2.32 bits per heavy atom. The number of ether oxygens (including phenoxy) is 2. The number of rotatable bonds is 6. The molecule has 0 unspecified atom stereocenters. The molecule has 0 N–H and O–H groups in total. The molecular formula is C20H20ClNO5S. The summed E-state index contributed by atoms with van der Waals surface area (Å²) in [7, 11) is -0.386. The van der Waals surface area contributed by atoms with E-state index in [1.54, 1.807) is 43.5 Å². The van der Waals surface area contributed by atoms with Gasteiger partial charge in [-0.15, -0.1) is 0 Å². The van der Waals surface area contributed by atoms with Gasteiger partial charge in [-0.25, -0.2) is 8.42 Å². The van der Waals surface area contributed by atoms with Crippen molar-refractivity contribution in [3.05, 3.63) is 59.1 Å². The third kappa shape index (κ3) is 4.15. The molecule has 1 amide bonds. The van der Waals surface area contributed by atoms with E-state index in [2.05, 4.69) is 0 Å². The van der Waals surface area contributed by atoms with Crippen LogP contribution >= 0.6 is 11.6 Å². The van der Waals surface area contributed by atoms with Crippen LogP contribution in [0.4, 0.5) is 0 Å². The van der Waals surface area contributed by atoms with Gasteiger partial charge in [0.05, 0.1) is 19.1 Å². The van der Waals surface area contributed by atoms with Crippen molar-refractivity contribution in [2.45, 2.75) is 10.1 Å². The predicted molar refractivity (Wildman–Crippen MR) is 108 cm³/mol. The molecule has 0 atom stereocenters. The van der Waals surface area contributed by atoms with Gasteiger partial charge in [0.1, 0.15) is 5.25 Å². The van der Waals surface area contributed by atoms with Gasteiger partial charge in [0.15, 0.2) is 21.3 Å². The third-order valence-corrected chi connectivity index (χ3v) is 6.92. The highest BCUT2D eigenvalue weighted by atomic mass is 35.5. The lowest BCUT2D eigenvalue weighted by atomic mass is 10.1. The van der Waals surface area contributed by atoms with E-state index in [9.17, 15) is 13.2 Å². The van der Waals surface area contributed by atoms with Crippen LogP contribution in [0.25, 0.3) is 6.08 Å². The molecule has 1 saturated heterocycles. The quantitative estimate of drug-likeness (QED) is 0.670. The molecule has 2 aromatic carbocycles. The first-order valence-corrected chi connectivity index (χ1v) is 10.5. The summed E-state index contributed by atoms with van der Waals surface area (Å²) in [6.45, 7) is 0.333. The molecular weight excluding hydrogens is 402 g/mol. The van der Waals surface area contributed by atoms with E-state index in [-0.39, 0.29) is 23.9 Å². The molecule has 0 saturated carbocycles. The summed E-state index contributed by atoms with van der Waals surface area (Å²) in [5.41, 5.74) is 0.775. The van der Waals surface area contributed by atoms with Gasteiger partial charge in [0.2, 0.25) is 5.91 Å². The van der Waals surface area contributed by atoms with Crippen molar-refractivity contribution in [3.63, 3.8) is 0 Å². The van der Waals surface area contributed by atoms with Crippen LogP contribution < -0.4 is 9.47 Å². The van der Waals surface area contributed by atoms with E-state index in [0.29, 0.717) is 16.5 Å². The monoisotopic (exact) mass is 421 g/mol. The number of nitrogens with zero attached hydrogens (tertiary/aromatic N) is 1. The van der Waals surface area contributed by atoms with E-state index < -0.39 is 15.1 Å². The summed E-state index contributed by atoms with van der Waals surface area (Å²) in [5, 5.41) is -0.128. The first-order valence-electron chi connectivity index (χ1n) is 8.53. The van der Waals surface area contributed by atoms with E-state index >= 15 is 0 Å². The molecule has 0 spiro atoms. The van der Waals surface area contributed by atoms with Gasteiger partial charge >= 0.3 is 0 Å². The Kier molecular flexibility index (Phi) is 5.96. The average molecular weight is 422 g/mol. The average Bonchev–Trinajstić information content (AvgIpc) is 2.65. The molecule has 0 aliphatic carbocycles. The number of carbonyl (C=O) groups excluding carboxylic acids is 1. The highest BCUT2D eigenvalue weighted by Gasteiger charge is 2.39. The highest BCUT2D eigenvalue weighted by Crippen LogP contribution is 2.28. The number of halogens is 1. The number of hydrogen-bond acceptors (Lipinski definition) is 5. The fourth-order valence-corrected chi connectivity index (χ4v) is 4.64. The summed E-state index contributed by atoms with van der Waals surface area (Å²) < 4.78 is 35.6. The number of methoxy groups -OCH3 is 2. The fourth-order valence-electron chi connectivity index (χ4n) is 2.86. The standard InChI is InChI=1S/C20H20ClNO5S/c1-26-18-9-3-14(11-19(18)27-2)4-10-20(23)22-12-17(13-22)28(24,25)16-7-5-15(21)6-8-16/h3-11,17H,12-13H2,1-2H3/b10-4+. The van der Waals surface area contributed by atoms with Gasteiger partial charge in [0, 0.05) is 24.2 Å². The van der Waals surface area contributed by atoms with E-state index in [0.717, 1.165) is 5.56 Å². The zero-order valence-corrected chi connectivity index (χ0v) is 17.0. The maximum Gasteiger partial charge on any atom is 0.246 e. The zero-order valence-electron chi connectivity index (χ0n) is 15.5. The van der Waals surface area contributed by atoms with Crippen LogP contribution in [0, 0.1) is 0 Å². The molecule has 0 aromatic heterocycles. The largest absolute Gasteiger partial charge is 0.493 e. The summed E-state index contributed by atoms with van der Waals surface area (Å²) in [6, 6.07) is 11.4. The number of hydrogen-bond donors (Lipinski definition) is 0. The molecule has 6 nitrogen and oxygen atoms in total. The SMILES string of the molecule is COc1ccc(/C=C/C(=O)N2CC(S(=O)(=O)c3ccc(Cl)cc3)C2)cc1OC. The van der Waals surface area contributed by atoms with Crippen molar-refractivity contribution in [2.75, 3.05) is 27.3 Å². The minimum absolute atomic E-state index is 0.167. The summed E-state index contributed by atoms with van der Waals surface area (Å²) >= 11 is 5.80. The second kappa shape index (κ2) is 8.24. The lowest BCUT2D eigenvalue weighted by Gasteiger charge is -2.38. The molecule has 3 rings (SSSR count). The molecule has 1 fully saturated rings. The maximum absolute atomic E-state index is 12.6. The molecule has 1 aliphatic rings.